The van der Waals surface area contributed by atoms with Gasteiger partial charge in [-0.25, -0.2) is 0 Å². The van der Waals surface area contributed by atoms with Gasteiger partial charge in [0.25, 0.3) is 8.32 Å². The van der Waals surface area contributed by atoms with Crippen LogP contribution in [0.15, 0.2) is 16.6 Å². The Balaban J connectivity index is 3.30. The van der Waals surface area contributed by atoms with Crippen LogP contribution in [-0.4, -0.2) is 13.2 Å². The van der Waals surface area contributed by atoms with Gasteiger partial charge in [-0.15, -0.1) is 0 Å². The number of nitro benzene ring substituents is 1. The van der Waals surface area contributed by atoms with Crippen LogP contribution >= 0.6 is 15.9 Å². The summed E-state index contributed by atoms with van der Waals surface area (Å²) in [7, 11) is -2.08. The lowest BCUT2D eigenvalue weighted by molar-refractivity contribution is -0.386. The maximum atomic E-state index is 11.3. The lowest BCUT2D eigenvalue weighted by atomic mass is 10.2. The number of benzene rings is 1. The summed E-state index contributed by atoms with van der Waals surface area (Å²) in [5, 5.41) is 11.3. The second-order valence-corrected chi connectivity index (χ2v) is 11.7. The van der Waals surface area contributed by atoms with Gasteiger partial charge in [0.05, 0.1) is 4.92 Å². The largest absolute Gasteiger partial charge is 0.539 e. The van der Waals surface area contributed by atoms with Crippen molar-refractivity contribution in [2.45, 2.75) is 45.8 Å². The van der Waals surface area contributed by atoms with Gasteiger partial charge in [0, 0.05) is 10.0 Å². The molecule has 0 radical (unpaired) electrons. The monoisotopic (exact) mass is 345 g/mol. The van der Waals surface area contributed by atoms with E-state index in [4.69, 9.17) is 4.43 Å². The Hall–Kier alpha value is -0.883. The molecule has 0 aliphatic carbocycles. The Morgan fingerprint density at radius 1 is 1.32 bits per heavy atom. The smallest absolute Gasteiger partial charge is 0.313 e. The van der Waals surface area contributed by atoms with Crippen LogP contribution in [0.25, 0.3) is 0 Å². The van der Waals surface area contributed by atoms with E-state index >= 15 is 0 Å². The zero-order valence-corrected chi connectivity index (χ0v) is 14.8. The SMILES string of the molecule is Cc1c(Br)ccc(O[Si](C)(C)C(C)(C)C)c1[N+](=O)[O-]. The number of nitro groups is 1. The second kappa shape index (κ2) is 5.24. The Labute approximate surface area is 123 Å². The van der Waals surface area contributed by atoms with Crippen molar-refractivity contribution in [2.75, 3.05) is 0 Å². The predicted molar refractivity (Wildman–Crippen MR) is 83.4 cm³/mol. The third-order valence-electron chi connectivity index (χ3n) is 3.68. The summed E-state index contributed by atoms with van der Waals surface area (Å²) in [4.78, 5) is 10.9. The summed E-state index contributed by atoms with van der Waals surface area (Å²) in [5.74, 6) is 0.372. The molecule has 0 atom stereocenters. The number of halogens is 1. The molecule has 0 bridgehead atoms. The highest BCUT2D eigenvalue weighted by Gasteiger charge is 2.40. The average molecular weight is 346 g/mol. The molecule has 1 aromatic rings. The van der Waals surface area contributed by atoms with Crippen LogP contribution in [0.1, 0.15) is 26.3 Å². The molecule has 0 aromatic heterocycles. The predicted octanol–water partition coefficient (Wildman–Crippen LogP) is 5.05. The first-order chi connectivity index (χ1) is 8.47. The van der Waals surface area contributed by atoms with Crippen molar-refractivity contribution in [3.63, 3.8) is 0 Å². The van der Waals surface area contributed by atoms with Gasteiger partial charge in [0.15, 0.2) is 5.75 Å². The molecule has 106 valence electrons. The lowest BCUT2D eigenvalue weighted by Gasteiger charge is -2.36. The number of hydrogen-bond donors (Lipinski definition) is 0. The average Bonchev–Trinajstić information content (AvgIpc) is 2.21. The van der Waals surface area contributed by atoms with Crippen LogP contribution in [0.3, 0.4) is 0 Å². The van der Waals surface area contributed by atoms with Crippen LogP contribution in [0, 0.1) is 17.0 Å². The second-order valence-electron chi connectivity index (χ2n) is 6.14. The number of rotatable bonds is 3. The third-order valence-corrected chi connectivity index (χ3v) is 8.88. The molecule has 0 spiro atoms. The molecule has 0 saturated heterocycles. The minimum absolute atomic E-state index is 0.00183. The zero-order chi connectivity index (χ0) is 15.0. The molecule has 19 heavy (non-hydrogen) atoms. The Morgan fingerprint density at radius 2 is 1.84 bits per heavy atom. The first-order valence-corrected chi connectivity index (χ1v) is 9.80. The summed E-state index contributed by atoms with van der Waals surface area (Å²) in [6.07, 6.45) is 0. The van der Waals surface area contributed by atoms with E-state index in [0.717, 1.165) is 4.47 Å². The van der Waals surface area contributed by atoms with Gasteiger partial charge in [-0.05, 0) is 37.2 Å². The van der Waals surface area contributed by atoms with E-state index in [9.17, 15) is 10.1 Å². The van der Waals surface area contributed by atoms with Gasteiger partial charge >= 0.3 is 5.69 Å². The standard InChI is InChI=1S/C13H20BrNO3Si/c1-9-10(14)7-8-11(12(9)15(16)17)18-19(5,6)13(2,3)4/h7-8H,1-6H3. The van der Waals surface area contributed by atoms with E-state index in [1.807, 2.05) is 0 Å². The maximum Gasteiger partial charge on any atom is 0.313 e. The van der Waals surface area contributed by atoms with Crippen LogP contribution in [0.5, 0.6) is 5.75 Å². The van der Waals surface area contributed by atoms with Crippen molar-refractivity contribution < 1.29 is 9.35 Å². The fraction of sp³-hybridized carbons (Fsp3) is 0.538. The Morgan fingerprint density at radius 3 is 2.26 bits per heavy atom. The topological polar surface area (TPSA) is 52.4 Å². The van der Waals surface area contributed by atoms with Gasteiger partial charge in [0.2, 0.25) is 0 Å². The summed E-state index contributed by atoms with van der Waals surface area (Å²) in [5.41, 5.74) is 0.653. The number of nitrogens with zero attached hydrogens (tertiary/aromatic N) is 1. The Bertz CT molecular complexity index is 509. The number of hydrogen-bond acceptors (Lipinski definition) is 3. The first-order valence-electron chi connectivity index (χ1n) is 6.10. The lowest BCUT2D eigenvalue weighted by Crippen LogP contribution is -2.44. The van der Waals surface area contributed by atoms with Crippen molar-refractivity contribution in [1.29, 1.82) is 0 Å². The van der Waals surface area contributed by atoms with Gasteiger partial charge < -0.3 is 4.43 Å². The molecule has 0 aliphatic rings. The van der Waals surface area contributed by atoms with Gasteiger partial charge in [-0.2, -0.15) is 0 Å². The summed E-state index contributed by atoms with van der Waals surface area (Å²) in [6, 6.07) is 3.47. The fourth-order valence-corrected chi connectivity index (χ4v) is 2.73. The summed E-state index contributed by atoms with van der Waals surface area (Å²) in [6.45, 7) is 12.2. The molecule has 4 nitrogen and oxygen atoms in total. The van der Waals surface area contributed by atoms with E-state index < -0.39 is 8.32 Å². The highest BCUT2D eigenvalue weighted by molar-refractivity contribution is 9.10. The molecule has 0 unspecified atom stereocenters. The molecule has 0 amide bonds. The fourth-order valence-electron chi connectivity index (χ4n) is 1.39. The highest BCUT2D eigenvalue weighted by Crippen LogP contribution is 2.42. The van der Waals surface area contributed by atoms with Gasteiger partial charge in [0.1, 0.15) is 0 Å². The molecule has 0 N–H and O–H groups in total. The summed E-state index contributed by atoms with van der Waals surface area (Å²) >= 11 is 3.32. The molecular formula is C13H20BrNO3Si. The van der Waals surface area contributed by atoms with Gasteiger partial charge in [-0.3, -0.25) is 10.1 Å². The van der Waals surface area contributed by atoms with Crippen molar-refractivity contribution >= 4 is 29.9 Å². The minimum atomic E-state index is -2.08. The molecule has 1 rings (SSSR count). The molecule has 1 aromatic carbocycles. The Kier molecular flexibility index (Phi) is 4.46. The van der Waals surface area contributed by atoms with E-state index in [-0.39, 0.29) is 15.6 Å². The van der Waals surface area contributed by atoms with Crippen LogP contribution in [-0.2, 0) is 0 Å². The quantitative estimate of drug-likeness (QED) is 0.437. The third kappa shape index (κ3) is 3.36. The van der Waals surface area contributed by atoms with E-state index in [2.05, 4.69) is 49.8 Å². The first kappa shape index (κ1) is 16.2. The normalized spacial score (nSPS) is 12.4. The molecular weight excluding hydrogens is 326 g/mol. The molecule has 0 saturated carbocycles. The van der Waals surface area contributed by atoms with Crippen LogP contribution in [0.4, 0.5) is 5.69 Å². The molecule has 0 fully saturated rings. The van der Waals surface area contributed by atoms with Crippen molar-refractivity contribution in [3.05, 3.63) is 32.3 Å². The van der Waals surface area contributed by atoms with E-state index in [1.54, 1.807) is 19.1 Å². The van der Waals surface area contributed by atoms with Crippen LogP contribution < -0.4 is 4.43 Å². The van der Waals surface area contributed by atoms with Crippen LogP contribution in [0.2, 0.25) is 18.1 Å². The summed E-state index contributed by atoms with van der Waals surface area (Å²) < 4.78 is 6.79. The van der Waals surface area contributed by atoms with E-state index in [1.165, 1.54) is 0 Å². The van der Waals surface area contributed by atoms with Crippen molar-refractivity contribution in [2.24, 2.45) is 0 Å². The zero-order valence-electron chi connectivity index (χ0n) is 12.2. The van der Waals surface area contributed by atoms with Gasteiger partial charge in [-0.1, -0.05) is 36.7 Å². The molecule has 6 heteroatoms. The highest BCUT2D eigenvalue weighted by atomic mass is 79.9. The van der Waals surface area contributed by atoms with Crippen molar-refractivity contribution in [1.82, 2.24) is 0 Å². The molecule has 0 heterocycles. The molecule has 0 aliphatic heterocycles. The van der Waals surface area contributed by atoms with E-state index in [0.29, 0.717) is 11.3 Å². The van der Waals surface area contributed by atoms with Crippen molar-refractivity contribution in [3.8, 4) is 5.75 Å². The maximum absolute atomic E-state index is 11.3. The minimum Gasteiger partial charge on any atom is -0.539 e.